The number of carbonyl (C=O) groups excluding carboxylic acids is 3. The summed E-state index contributed by atoms with van der Waals surface area (Å²) in [4.78, 5) is 43.0. The van der Waals surface area contributed by atoms with E-state index in [1.165, 1.54) is 4.90 Å². The monoisotopic (exact) mass is 535 g/mol. The molecule has 0 bridgehead atoms. The Balaban J connectivity index is 1.71. The van der Waals surface area contributed by atoms with Crippen LogP contribution in [0.3, 0.4) is 0 Å². The van der Waals surface area contributed by atoms with Crippen LogP contribution in [0.1, 0.15) is 34.8 Å². The number of aliphatic hydroxyl groups is 3. The SMILES string of the molecule is CCN(C)Cc1cccc2c(O)c3c(cc12)C[C@H]1C[C@H]2[C@H](N(C)C)C(O)=C(C(N)=O)C(=O)[C@@]2(O)C(O)=C1C3=O. The standard InChI is InChI=1S/C29H33N3O7/c1-5-32(4)12-13-7-6-8-16-17(13)10-14-9-15-11-18-22(31(2)3)25(35)21(28(30)38)27(37)29(18,39)26(36)20(15)24(34)19(14)23(16)33/h6-8,10,15,18,22,33,35-36,39H,5,9,11-12H2,1-4H3,(H2,30,38)/t15-,18-,22-,29-/m0/s1. The predicted octanol–water partition coefficient (Wildman–Crippen LogP) is 1.73. The van der Waals surface area contributed by atoms with Crippen molar-refractivity contribution in [2.24, 2.45) is 17.6 Å². The molecule has 0 spiro atoms. The Labute approximate surface area is 225 Å². The molecule has 3 aliphatic carbocycles. The fraction of sp³-hybridized carbons (Fsp3) is 0.414. The van der Waals surface area contributed by atoms with Crippen molar-refractivity contribution in [3.05, 3.63) is 63.6 Å². The second-order valence-electron chi connectivity index (χ2n) is 11.1. The number of hydrogen-bond acceptors (Lipinski definition) is 9. The number of rotatable bonds is 5. The Kier molecular flexibility index (Phi) is 6.32. The average Bonchev–Trinajstić information content (AvgIpc) is 2.86. The van der Waals surface area contributed by atoms with Crippen molar-refractivity contribution in [3.8, 4) is 5.75 Å². The number of allylic oxidation sites excluding steroid dienone is 1. The largest absolute Gasteiger partial charge is 0.510 e. The third-order valence-electron chi connectivity index (χ3n) is 8.64. The van der Waals surface area contributed by atoms with E-state index in [-0.39, 0.29) is 29.7 Å². The van der Waals surface area contributed by atoms with Gasteiger partial charge in [0, 0.05) is 23.4 Å². The fourth-order valence-electron chi connectivity index (χ4n) is 6.65. The highest BCUT2D eigenvalue weighted by Crippen LogP contribution is 2.52. The average molecular weight is 536 g/mol. The van der Waals surface area contributed by atoms with Crippen LogP contribution in [-0.2, 0) is 22.6 Å². The van der Waals surface area contributed by atoms with Crippen LogP contribution < -0.4 is 5.73 Å². The summed E-state index contributed by atoms with van der Waals surface area (Å²) in [6.45, 7) is 3.52. The van der Waals surface area contributed by atoms with Gasteiger partial charge in [0.1, 0.15) is 22.8 Å². The molecule has 2 aromatic rings. The molecule has 0 aromatic heterocycles. The van der Waals surface area contributed by atoms with Crippen molar-refractivity contribution in [3.63, 3.8) is 0 Å². The van der Waals surface area contributed by atoms with Crippen LogP contribution in [0.5, 0.6) is 5.75 Å². The first-order valence-electron chi connectivity index (χ1n) is 12.9. The summed E-state index contributed by atoms with van der Waals surface area (Å²) in [6, 6.07) is 6.38. The number of nitrogens with two attached hydrogens (primary N) is 1. The molecule has 5 rings (SSSR count). The van der Waals surface area contributed by atoms with Gasteiger partial charge in [-0.25, -0.2) is 0 Å². The van der Waals surface area contributed by atoms with Crippen LogP contribution in [0.15, 0.2) is 46.9 Å². The lowest BCUT2D eigenvalue weighted by Crippen LogP contribution is -2.63. The zero-order valence-electron chi connectivity index (χ0n) is 22.4. The number of Topliss-reactive ketones (excluding diaryl/α,β-unsaturated/α-hetero) is 2. The Morgan fingerprint density at radius 3 is 2.44 bits per heavy atom. The molecule has 206 valence electrons. The molecule has 0 saturated carbocycles. The van der Waals surface area contributed by atoms with E-state index in [1.54, 1.807) is 26.2 Å². The molecule has 2 aromatic carbocycles. The minimum Gasteiger partial charge on any atom is -0.510 e. The van der Waals surface area contributed by atoms with Gasteiger partial charge in [-0.1, -0.05) is 25.1 Å². The van der Waals surface area contributed by atoms with Crippen LogP contribution in [0.2, 0.25) is 0 Å². The van der Waals surface area contributed by atoms with Crippen LogP contribution in [-0.4, -0.2) is 87.0 Å². The molecule has 4 atom stereocenters. The quantitative estimate of drug-likeness (QED) is 0.359. The number of carbonyl (C=O) groups is 3. The van der Waals surface area contributed by atoms with Crippen LogP contribution in [0, 0.1) is 11.8 Å². The van der Waals surface area contributed by atoms with Gasteiger partial charge in [0.15, 0.2) is 11.4 Å². The van der Waals surface area contributed by atoms with E-state index in [0.29, 0.717) is 17.5 Å². The zero-order valence-corrected chi connectivity index (χ0v) is 22.4. The van der Waals surface area contributed by atoms with E-state index >= 15 is 0 Å². The Morgan fingerprint density at radius 1 is 1.13 bits per heavy atom. The van der Waals surface area contributed by atoms with Crippen LogP contribution in [0.25, 0.3) is 10.8 Å². The fourth-order valence-corrected chi connectivity index (χ4v) is 6.65. The van der Waals surface area contributed by atoms with E-state index in [1.807, 2.05) is 26.1 Å². The van der Waals surface area contributed by atoms with Crippen molar-refractivity contribution >= 4 is 28.2 Å². The number of aromatic hydroxyl groups is 1. The second-order valence-corrected chi connectivity index (χ2v) is 11.1. The van der Waals surface area contributed by atoms with E-state index < -0.39 is 58.0 Å². The molecule has 6 N–H and O–H groups in total. The van der Waals surface area contributed by atoms with Crippen molar-refractivity contribution in [1.82, 2.24) is 9.80 Å². The lowest BCUT2D eigenvalue weighted by molar-refractivity contribution is -0.148. The van der Waals surface area contributed by atoms with Crippen LogP contribution in [0.4, 0.5) is 0 Å². The first kappa shape index (κ1) is 26.9. The molecule has 0 heterocycles. The molecule has 39 heavy (non-hydrogen) atoms. The number of ketones is 2. The summed E-state index contributed by atoms with van der Waals surface area (Å²) in [5.41, 5.74) is 3.36. The smallest absolute Gasteiger partial charge is 0.255 e. The number of phenolic OH excluding ortho intramolecular Hbond substituents is 1. The second kappa shape index (κ2) is 9.18. The van der Waals surface area contributed by atoms with Gasteiger partial charge in [0.25, 0.3) is 5.91 Å². The number of primary amides is 1. The highest BCUT2D eigenvalue weighted by molar-refractivity contribution is 6.25. The number of phenols is 1. The lowest BCUT2D eigenvalue weighted by atomic mass is 9.58. The topological polar surface area (TPSA) is 165 Å². The number of likely N-dealkylation sites (N-methyl/N-ethyl adjacent to an activating group) is 1. The molecule has 10 nitrogen and oxygen atoms in total. The Hall–Kier alpha value is -3.73. The first-order valence-corrected chi connectivity index (χ1v) is 12.9. The summed E-state index contributed by atoms with van der Waals surface area (Å²) in [5, 5.41) is 46.6. The summed E-state index contributed by atoms with van der Waals surface area (Å²) < 4.78 is 0. The highest BCUT2D eigenvalue weighted by Gasteiger charge is 2.63. The zero-order chi connectivity index (χ0) is 28.5. The Bertz CT molecular complexity index is 1510. The number of aliphatic hydroxyl groups excluding tert-OH is 2. The van der Waals surface area contributed by atoms with Gasteiger partial charge >= 0.3 is 0 Å². The molecule has 0 aliphatic heterocycles. The molecular weight excluding hydrogens is 502 g/mol. The molecule has 1 amide bonds. The third kappa shape index (κ3) is 3.70. The lowest BCUT2D eigenvalue weighted by Gasteiger charge is -2.50. The van der Waals surface area contributed by atoms with Gasteiger partial charge in [0.05, 0.1) is 11.6 Å². The summed E-state index contributed by atoms with van der Waals surface area (Å²) in [7, 11) is 5.20. The van der Waals surface area contributed by atoms with Crippen molar-refractivity contribution in [2.75, 3.05) is 27.7 Å². The highest BCUT2D eigenvalue weighted by atomic mass is 16.3. The summed E-state index contributed by atoms with van der Waals surface area (Å²) >= 11 is 0. The molecule has 0 unspecified atom stereocenters. The molecule has 0 radical (unpaired) electrons. The van der Waals surface area contributed by atoms with Gasteiger partial charge in [-0.3, -0.25) is 19.3 Å². The summed E-state index contributed by atoms with van der Waals surface area (Å²) in [6.07, 6.45) is 0.320. The minimum atomic E-state index is -2.64. The first-order chi connectivity index (χ1) is 18.3. The number of amides is 1. The molecule has 3 aliphatic rings. The van der Waals surface area contributed by atoms with Gasteiger partial charge in [-0.05, 0) is 69.0 Å². The van der Waals surface area contributed by atoms with Gasteiger partial charge in [-0.2, -0.15) is 0 Å². The van der Waals surface area contributed by atoms with Gasteiger partial charge in [-0.15, -0.1) is 0 Å². The van der Waals surface area contributed by atoms with Crippen molar-refractivity contribution < 1.29 is 34.8 Å². The van der Waals surface area contributed by atoms with Gasteiger partial charge < -0.3 is 31.1 Å². The molecular formula is C29H33N3O7. The number of nitrogens with zero attached hydrogens (tertiary/aromatic N) is 2. The van der Waals surface area contributed by atoms with E-state index in [9.17, 15) is 34.8 Å². The van der Waals surface area contributed by atoms with E-state index in [2.05, 4.69) is 4.90 Å². The number of benzene rings is 2. The molecule has 10 heteroatoms. The maximum atomic E-state index is 13.9. The van der Waals surface area contributed by atoms with Gasteiger partial charge in [0.2, 0.25) is 5.78 Å². The maximum Gasteiger partial charge on any atom is 0.255 e. The van der Waals surface area contributed by atoms with Crippen LogP contribution >= 0.6 is 0 Å². The minimum absolute atomic E-state index is 0.0179. The molecule has 0 fully saturated rings. The van der Waals surface area contributed by atoms with Crippen molar-refractivity contribution in [2.45, 2.75) is 38.0 Å². The Morgan fingerprint density at radius 2 is 1.82 bits per heavy atom. The maximum absolute atomic E-state index is 13.9. The predicted molar refractivity (Wildman–Crippen MR) is 143 cm³/mol. The van der Waals surface area contributed by atoms with Crippen molar-refractivity contribution in [1.29, 1.82) is 0 Å². The number of fused-ring (bicyclic) bond motifs is 4. The molecule has 0 saturated heterocycles. The van der Waals surface area contributed by atoms with E-state index in [0.717, 1.165) is 17.5 Å². The normalized spacial score (nSPS) is 26.8. The van der Waals surface area contributed by atoms with E-state index in [4.69, 9.17) is 5.73 Å². The summed E-state index contributed by atoms with van der Waals surface area (Å²) in [5.74, 6) is -6.49. The number of hydrogen-bond donors (Lipinski definition) is 5. The third-order valence-corrected chi connectivity index (χ3v) is 8.64.